The van der Waals surface area contributed by atoms with Crippen molar-refractivity contribution in [3.8, 4) is 5.75 Å². The normalized spacial score (nSPS) is 11.2. The Labute approximate surface area is 257 Å². The molecule has 0 aliphatic heterocycles. The Kier molecular flexibility index (Phi) is 11.0. The molecular weight excluding hydrogens is 591 g/mol. The zero-order valence-electron chi connectivity index (χ0n) is 24.6. The first kappa shape index (κ1) is 32.1. The van der Waals surface area contributed by atoms with E-state index in [1.54, 1.807) is 51.1 Å². The molecule has 0 atom stereocenters. The van der Waals surface area contributed by atoms with E-state index in [9.17, 15) is 18.8 Å². The van der Waals surface area contributed by atoms with E-state index in [0.717, 1.165) is 23.5 Å². The van der Waals surface area contributed by atoms with Gasteiger partial charge in [0.2, 0.25) is 23.8 Å². The smallest absolute Gasteiger partial charge is 0.419 e. The van der Waals surface area contributed by atoms with Crippen LogP contribution in [0.5, 0.6) is 5.75 Å². The lowest BCUT2D eigenvalue weighted by molar-refractivity contribution is -0.116. The maximum atomic E-state index is 12.4. The van der Waals surface area contributed by atoms with Crippen LogP contribution in [0, 0.1) is 0 Å². The van der Waals surface area contributed by atoms with Gasteiger partial charge in [0.05, 0.1) is 24.2 Å². The first-order valence-corrected chi connectivity index (χ1v) is 14.7. The number of amides is 2. The summed E-state index contributed by atoms with van der Waals surface area (Å²) in [5.41, 5.74) is 1.26. The number of hydrogen-bond acceptors (Lipinski definition) is 11. The lowest BCUT2D eigenvalue weighted by Gasteiger charge is -2.19. The number of nitrogens with one attached hydrogen (secondary N) is 2. The molecule has 232 valence electrons. The fraction of sp³-hybridized carbons (Fsp3) is 0.379. The fourth-order valence-corrected chi connectivity index (χ4v) is 4.72. The number of rotatable bonds is 13. The van der Waals surface area contributed by atoms with Crippen molar-refractivity contribution in [3.05, 3.63) is 70.9 Å². The Bertz CT molecular complexity index is 1570. The van der Waals surface area contributed by atoms with Gasteiger partial charge in [-0.15, -0.1) is 15.3 Å². The Balaban J connectivity index is 1.14. The summed E-state index contributed by atoms with van der Waals surface area (Å²) in [5.74, 6) is 0.109. The summed E-state index contributed by atoms with van der Waals surface area (Å²) in [5, 5.41) is 23.1. The van der Waals surface area contributed by atoms with Crippen LogP contribution in [-0.2, 0) is 40.0 Å². The summed E-state index contributed by atoms with van der Waals surface area (Å²) in [6, 6.07) is 10.2. The molecule has 2 amide bonds. The number of aryl methyl sites for hydroxylation is 2. The highest BCUT2D eigenvalue weighted by Crippen LogP contribution is 2.19. The largest absolute Gasteiger partial charge is 0.463 e. The lowest BCUT2D eigenvalue weighted by atomic mass is 10.1. The average Bonchev–Trinajstić information content (AvgIpc) is 3.61. The van der Waals surface area contributed by atoms with E-state index in [2.05, 4.69) is 36.0 Å². The molecule has 3 aromatic heterocycles. The third kappa shape index (κ3) is 10.5. The Morgan fingerprint density at radius 1 is 0.932 bits per heavy atom. The van der Waals surface area contributed by atoms with Crippen molar-refractivity contribution in [2.75, 3.05) is 17.5 Å². The number of anilines is 2. The van der Waals surface area contributed by atoms with E-state index in [4.69, 9.17) is 9.47 Å². The van der Waals surface area contributed by atoms with Crippen molar-refractivity contribution in [2.24, 2.45) is 0 Å². The van der Waals surface area contributed by atoms with Gasteiger partial charge in [-0.1, -0.05) is 23.5 Å². The number of hydrogen-bond donors (Lipinski definition) is 2. The van der Waals surface area contributed by atoms with Gasteiger partial charge >= 0.3 is 6.09 Å². The number of carbonyl (C=O) groups excluding carboxylic acids is 3. The molecule has 0 bridgehead atoms. The van der Waals surface area contributed by atoms with Gasteiger partial charge in [-0.25, -0.2) is 18.7 Å². The van der Waals surface area contributed by atoms with Gasteiger partial charge in [-0.05, 0) is 69.9 Å². The number of carbonyl (C=O) groups is 3. The number of halogens is 1. The zero-order chi connectivity index (χ0) is 31.5. The van der Waals surface area contributed by atoms with Crippen LogP contribution in [-0.4, -0.2) is 60.3 Å². The minimum absolute atomic E-state index is 0.0286. The first-order chi connectivity index (χ1) is 21.1. The summed E-state index contributed by atoms with van der Waals surface area (Å²) in [4.78, 5) is 41.0. The quantitative estimate of drug-likeness (QED) is 0.202. The molecule has 4 rings (SSSR count). The van der Waals surface area contributed by atoms with Crippen LogP contribution < -0.4 is 15.4 Å². The van der Waals surface area contributed by atoms with Gasteiger partial charge in [0.1, 0.15) is 22.7 Å². The summed E-state index contributed by atoms with van der Waals surface area (Å²) in [6.45, 7) is 4.37. The Hall–Kier alpha value is -4.79. The molecule has 15 heteroatoms. The monoisotopic (exact) mass is 624 g/mol. The summed E-state index contributed by atoms with van der Waals surface area (Å²) in [7, 11) is 0. The van der Waals surface area contributed by atoms with Gasteiger partial charge in [-0.3, -0.25) is 9.59 Å². The number of benzene rings is 1. The van der Waals surface area contributed by atoms with E-state index < -0.39 is 18.6 Å². The van der Waals surface area contributed by atoms with Crippen LogP contribution in [0.2, 0.25) is 0 Å². The molecule has 44 heavy (non-hydrogen) atoms. The molecule has 1 aromatic carbocycles. The van der Waals surface area contributed by atoms with E-state index in [1.165, 1.54) is 28.4 Å². The summed E-state index contributed by atoms with van der Waals surface area (Å²) < 4.78 is 23.7. The van der Waals surface area contributed by atoms with Crippen LogP contribution in [0.3, 0.4) is 0 Å². The standard InChI is InChI=1S/C29H33FN8O5S/c1-29(2,3)43-28(41)38-16-21(31-18-38)15-25(40)33-27-37-36-26(44-27)10-5-4-8-20-11-12-23(35-34-20)32-24(39)14-19-7-6-9-22(13-19)42-17-30/h6-7,9,11-13,16,18H,4-5,8,10,14-15,17H2,1-3H3,(H,32,35,39)(H,33,37,40). The Morgan fingerprint density at radius 2 is 1.73 bits per heavy atom. The molecule has 0 radical (unpaired) electrons. The van der Waals surface area contributed by atoms with E-state index in [-0.39, 0.29) is 24.7 Å². The summed E-state index contributed by atoms with van der Waals surface area (Å²) in [6.07, 6.45) is 5.31. The molecule has 0 aliphatic rings. The van der Waals surface area contributed by atoms with E-state index >= 15 is 0 Å². The fourth-order valence-electron chi connectivity index (χ4n) is 3.93. The maximum Gasteiger partial charge on any atom is 0.419 e. The third-order valence-electron chi connectivity index (χ3n) is 5.84. The highest BCUT2D eigenvalue weighted by atomic mass is 32.1. The van der Waals surface area contributed by atoms with Crippen LogP contribution in [0.15, 0.2) is 48.9 Å². The molecule has 0 saturated carbocycles. The molecule has 13 nitrogen and oxygen atoms in total. The molecule has 3 heterocycles. The van der Waals surface area contributed by atoms with Crippen molar-refractivity contribution < 1.29 is 28.2 Å². The predicted octanol–water partition coefficient (Wildman–Crippen LogP) is 4.54. The van der Waals surface area contributed by atoms with E-state index in [0.29, 0.717) is 40.8 Å². The van der Waals surface area contributed by atoms with Crippen LogP contribution in [0.4, 0.5) is 20.1 Å². The molecule has 2 N–H and O–H groups in total. The maximum absolute atomic E-state index is 12.4. The number of alkyl halides is 1. The number of ether oxygens (including phenoxy) is 2. The number of aromatic nitrogens is 6. The van der Waals surface area contributed by atoms with Crippen molar-refractivity contribution in [1.29, 1.82) is 0 Å². The highest BCUT2D eigenvalue weighted by molar-refractivity contribution is 7.15. The topological polar surface area (TPSA) is 163 Å². The number of imidazole rings is 1. The molecule has 0 unspecified atom stereocenters. The van der Waals surface area contributed by atoms with Crippen LogP contribution in [0.25, 0.3) is 0 Å². The van der Waals surface area contributed by atoms with Gasteiger partial charge in [-0.2, -0.15) is 5.10 Å². The van der Waals surface area contributed by atoms with Gasteiger partial charge in [0.15, 0.2) is 5.82 Å². The van der Waals surface area contributed by atoms with E-state index in [1.807, 2.05) is 6.07 Å². The molecule has 0 saturated heterocycles. The molecular formula is C29H33FN8O5S. The second kappa shape index (κ2) is 15.1. The average molecular weight is 625 g/mol. The Morgan fingerprint density at radius 3 is 2.48 bits per heavy atom. The zero-order valence-corrected chi connectivity index (χ0v) is 25.4. The van der Waals surface area contributed by atoms with Gasteiger partial charge in [0.25, 0.3) is 0 Å². The predicted molar refractivity (Wildman–Crippen MR) is 160 cm³/mol. The van der Waals surface area contributed by atoms with Crippen molar-refractivity contribution in [2.45, 2.75) is 64.9 Å². The van der Waals surface area contributed by atoms with Crippen LogP contribution in [0.1, 0.15) is 55.6 Å². The summed E-state index contributed by atoms with van der Waals surface area (Å²) >= 11 is 1.30. The molecule has 0 fully saturated rings. The minimum Gasteiger partial charge on any atom is -0.463 e. The highest BCUT2D eigenvalue weighted by Gasteiger charge is 2.19. The third-order valence-corrected chi connectivity index (χ3v) is 6.74. The first-order valence-electron chi connectivity index (χ1n) is 13.8. The minimum atomic E-state index is -0.934. The van der Waals surface area contributed by atoms with Gasteiger partial charge in [0, 0.05) is 12.6 Å². The molecule has 4 aromatic rings. The number of unbranched alkanes of at least 4 members (excludes halogenated alkanes) is 1. The van der Waals surface area contributed by atoms with Crippen molar-refractivity contribution in [3.63, 3.8) is 0 Å². The van der Waals surface area contributed by atoms with Gasteiger partial charge < -0.3 is 20.1 Å². The molecule has 0 aliphatic carbocycles. The second-order valence-electron chi connectivity index (χ2n) is 10.7. The molecule has 0 spiro atoms. The van der Waals surface area contributed by atoms with Crippen molar-refractivity contribution in [1.82, 2.24) is 29.9 Å². The van der Waals surface area contributed by atoms with Crippen LogP contribution >= 0.6 is 11.3 Å². The second-order valence-corrected chi connectivity index (χ2v) is 11.8. The SMILES string of the molecule is CC(C)(C)OC(=O)n1cnc(CC(=O)Nc2nnc(CCCCc3ccc(NC(=O)Cc4cccc(OCF)c4)nn3)s2)c1. The lowest BCUT2D eigenvalue weighted by Crippen LogP contribution is -2.26. The number of nitrogens with zero attached hydrogens (tertiary/aromatic N) is 6. The van der Waals surface area contributed by atoms with Crippen molar-refractivity contribution >= 4 is 40.2 Å².